The first-order valence-corrected chi connectivity index (χ1v) is 7.94. The van der Waals surface area contributed by atoms with Crippen LogP contribution in [0.3, 0.4) is 0 Å². The lowest BCUT2D eigenvalue weighted by atomic mass is 10.2. The number of ether oxygens (including phenoxy) is 2. The van der Waals surface area contributed by atoms with Gasteiger partial charge in [-0.25, -0.2) is 0 Å². The maximum atomic E-state index is 12.0. The number of methoxy groups -OCH3 is 1. The zero-order chi connectivity index (χ0) is 17.4. The average molecular weight is 365 g/mol. The summed E-state index contributed by atoms with van der Waals surface area (Å²) in [5.74, 6) is 1.40. The highest BCUT2D eigenvalue weighted by molar-refractivity contribution is 5.85. The number of amides is 1. The van der Waals surface area contributed by atoms with Gasteiger partial charge in [0.2, 0.25) is 5.91 Å². The Bertz CT molecular complexity index is 675. The second kappa shape index (κ2) is 10.7. The Morgan fingerprint density at radius 1 is 1.20 bits per heavy atom. The third-order valence-electron chi connectivity index (χ3n) is 3.68. The highest BCUT2D eigenvalue weighted by atomic mass is 35.5. The Balaban J connectivity index is 0.00000312. The predicted molar refractivity (Wildman–Crippen MR) is 101 cm³/mol. The van der Waals surface area contributed by atoms with Crippen LogP contribution in [0.4, 0.5) is 0 Å². The van der Waals surface area contributed by atoms with Crippen molar-refractivity contribution in [3.8, 4) is 11.5 Å². The maximum Gasteiger partial charge on any atom is 0.222 e. The zero-order valence-electron chi connectivity index (χ0n) is 14.5. The molecule has 25 heavy (non-hydrogen) atoms. The van der Waals surface area contributed by atoms with Crippen LogP contribution in [-0.4, -0.2) is 25.7 Å². The number of nitrogens with two attached hydrogens (primary N) is 1. The molecule has 0 aliphatic carbocycles. The molecule has 2 rings (SSSR count). The third kappa shape index (κ3) is 6.74. The number of halogens is 1. The van der Waals surface area contributed by atoms with Crippen molar-refractivity contribution < 1.29 is 14.3 Å². The third-order valence-corrected chi connectivity index (χ3v) is 3.68. The van der Waals surface area contributed by atoms with Gasteiger partial charge in [0.05, 0.1) is 12.5 Å². The van der Waals surface area contributed by atoms with Crippen LogP contribution >= 0.6 is 12.4 Å². The normalized spacial score (nSPS) is 11.3. The van der Waals surface area contributed by atoms with Crippen molar-refractivity contribution in [2.24, 2.45) is 5.73 Å². The molecule has 0 spiro atoms. The van der Waals surface area contributed by atoms with Gasteiger partial charge < -0.3 is 20.5 Å². The molecule has 0 saturated carbocycles. The number of rotatable bonds is 8. The molecule has 2 aromatic carbocycles. The number of para-hydroxylation sites is 1. The van der Waals surface area contributed by atoms with Crippen molar-refractivity contribution in [1.82, 2.24) is 5.32 Å². The first kappa shape index (κ1) is 21.0. The van der Waals surface area contributed by atoms with Crippen LogP contribution in [0.15, 0.2) is 48.5 Å². The molecule has 5 nitrogen and oxygen atoms in total. The molecule has 1 unspecified atom stereocenters. The summed E-state index contributed by atoms with van der Waals surface area (Å²) in [7, 11) is 1.55. The highest BCUT2D eigenvalue weighted by Crippen LogP contribution is 2.25. The monoisotopic (exact) mass is 364 g/mol. The van der Waals surface area contributed by atoms with Crippen molar-refractivity contribution >= 4 is 18.3 Å². The van der Waals surface area contributed by atoms with Crippen molar-refractivity contribution in [1.29, 1.82) is 0 Å². The van der Waals surface area contributed by atoms with Crippen LogP contribution in [0.25, 0.3) is 0 Å². The van der Waals surface area contributed by atoms with Crippen LogP contribution in [-0.2, 0) is 16.1 Å². The van der Waals surface area contributed by atoms with Crippen molar-refractivity contribution in [3.63, 3.8) is 0 Å². The van der Waals surface area contributed by atoms with Gasteiger partial charge >= 0.3 is 0 Å². The van der Waals surface area contributed by atoms with Crippen LogP contribution in [0.2, 0.25) is 0 Å². The summed E-state index contributed by atoms with van der Waals surface area (Å²) in [6.07, 6.45) is -0.0164. The largest absolute Gasteiger partial charge is 0.457 e. The Labute approximate surface area is 154 Å². The predicted octanol–water partition coefficient (Wildman–Crippen LogP) is 3.19. The first-order valence-electron chi connectivity index (χ1n) is 7.94. The van der Waals surface area contributed by atoms with E-state index in [1.165, 1.54) is 0 Å². The van der Waals surface area contributed by atoms with Crippen LogP contribution in [0, 0.1) is 6.92 Å². The average Bonchev–Trinajstić information content (AvgIpc) is 2.59. The summed E-state index contributed by atoms with van der Waals surface area (Å²) >= 11 is 0. The summed E-state index contributed by atoms with van der Waals surface area (Å²) < 4.78 is 11.1. The lowest BCUT2D eigenvalue weighted by Crippen LogP contribution is -2.31. The Morgan fingerprint density at radius 3 is 2.64 bits per heavy atom. The molecule has 0 aliphatic rings. The van der Waals surface area contributed by atoms with E-state index in [-0.39, 0.29) is 30.8 Å². The van der Waals surface area contributed by atoms with E-state index >= 15 is 0 Å². The standard InChI is InChI=1S/C19H24N2O3.ClH/c1-14-6-5-8-16(10-14)24-18-9-4-3-7-15(18)13-21-19(22)11-17(12-20)23-2;/h3-10,17H,11-13,20H2,1-2H3,(H,21,22);1H. The highest BCUT2D eigenvalue weighted by Gasteiger charge is 2.12. The van der Waals surface area contributed by atoms with Crippen LogP contribution in [0.1, 0.15) is 17.5 Å². The molecule has 3 N–H and O–H groups in total. The number of carbonyl (C=O) groups excluding carboxylic acids is 1. The van der Waals surface area contributed by atoms with Gasteiger partial charge in [0.1, 0.15) is 11.5 Å². The van der Waals surface area contributed by atoms with Gasteiger partial charge in [-0.3, -0.25) is 4.79 Å². The number of nitrogens with one attached hydrogen (secondary N) is 1. The summed E-state index contributed by atoms with van der Waals surface area (Å²) in [6.45, 7) is 2.72. The minimum absolute atomic E-state index is 0. The van der Waals surface area contributed by atoms with E-state index < -0.39 is 0 Å². The molecule has 0 aromatic heterocycles. The molecule has 0 bridgehead atoms. The summed E-state index contributed by atoms with van der Waals surface area (Å²) in [4.78, 5) is 12.0. The minimum Gasteiger partial charge on any atom is -0.457 e. The van der Waals surface area contributed by atoms with Gasteiger partial charge in [-0.1, -0.05) is 30.3 Å². The molecule has 2 aromatic rings. The molecular formula is C19H25ClN2O3. The molecule has 0 heterocycles. The quantitative estimate of drug-likeness (QED) is 0.754. The smallest absolute Gasteiger partial charge is 0.222 e. The zero-order valence-corrected chi connectivity index (χ0v) is 15.3. The fraction of sp³-hybridized carbons (Fsp3) is 0.316. The van der Waals surface area contributed by atoms with E-state index in [4.69, 9.17) is 15.2 Å². The van der Waals surface area contributed by atoms with Crippen molar-refractivity contribution in [2.75, 3.05) is 13.7 Å². The van der Waals surface area contributed by atoms with E-state index in [2.05, 4.69) is 5.32 Å². The van der Waals surface area contributed by atoms with Crippen LogP contribution < -0.4 is 15.8 Å². The van der Waals surface area contributed by atoms with Crippen LogP contribution in [0.5, 0.6) is 11.5 Å². The molecule has 0 radical (unpaired) electrons. The molecule has 0 fully saturated rings. The second-order valence-electron chi connectivity index (χ2n) is 5.60. The SMILES string of the molecule is COC(CN)CC(=O)NCc1ccccc1Oc1cccc(C)c1.Cl. The number of hydrogen-bond acceptors (Lipinski definition) is 4. The van der Waals surface area contributed by atoms with Gasteiger partial charge in [-0.05, 0) is 30.7 Å². The van der Waals surface area contributed by atoms with Gasteiger partial charge in [-0.2, -0.15) is 0 Å². The van der Waals surface area contributed by atoms with Crippen molar-refractivity contribution in [2.45, 2.75) is 26.0 Å². The Morgan fingerprint density at radius 2 is 1.96 bits per heavy atom. The van der Waals surface area contributed by atoms with E-state index in [1.54, 1.807) is 7.11 Å². The van der Waals surface area contributed by atoms with Gasteiger partial charge in [-0.15, -0.1) is 12.4 Å². The number of hydrogen-bond donors (Lipinski definition) is 2. The Hall–Kier alpha value is -2.08. The maximum absolute atomic E-state index is 12.0. The minimum atomic E-state index is -0.260. The summed E-state index contributed by atoms with van der Waals surface area (Å²) in [5.41, 5.74) is 7.58. The number of aryl methyl sites for hydroxylation is 1. The summed E-state index contributed by atoms with van der Waals surface area (Å²) in [5, 5.41) is 2.88. The fourth-order valence-corrected chi connectivity index (χ4v) is 2.29. The van der Waals surface area contributed by atoms with E-state index in [0.717, 1.165) is 22.6 Å². The molecule has 0 aliphatic heterocycles. The molecular weight excluding hydrogens is 340 g/mol. The number of carbonyl (C=O) groups is 1. The van der Waals surface area contributed by atoms with E-state index in [1.807, 2.05) is 55.5 Å². The molecule has 0 saturated heterocycles. The number of benzene rings is 2. The van der Waals surface area contributed by atoms with Gasteiger partial charge in [0.15, 0.2) is 0 Å². The Kier molecular flexibility index (Phi) is 8.99. The molecule has 136 valence electrons. The van der Waals surface area contributed by atoms with E-state index in [0.29, 0.717) is 13.1 Å². The molecule has 6 heteroatoms. The van der Waals surface area contributed by atoms with Gasteiger partial charge in [0, 0.05) is 25.8 Å². The van der Waals surface area contributed by atoms with E-state index in [9.17, 15) is 4.79 Å². The fourth-order valence-electron chi connectivity index (χ4n) is 2.29. The second-order valence-corrected chi connectivity index (χ2v) is 5.60. The molecule has 1 amide bonds. The van der Waals surface area contributed by atoms with Gasteiger partial charge in [0.25, 0.3) is 0 Å². The molecule has 1 atom stereocenters. The lowest BCUT2D eigenvalue weighted by molar-refractivity contribution is -0.123. The lowest BCUT2D eigenvalue weighted by Gasteiger charge is -2.14. The van der Waals surface area contributed by atoms with Crippen molar-refractivity contribution in [3.05, 3.63) is 59.7 Å². The first-order chi connectivity index (χ1) is 11.6. The summed E-state index contributed by atoms with van der Waals surface area (Å²) in [6, 6.07) is 15.5. The topological polar surface area (TPSA) is 73.6 Å².